The van der Waals surface area contributed by atoms with Crippen LogP contribution in [0.25, 0.3) is 0 Å². The number of carbonyl (C=O) groups is 2. The lowest BCUT2D eigenvalue weighted by molar-refractivity contribution is -0.126. The Bertz CT molecular complexity index is 818. The zero-order chi connectivity index (χ0) is 22.7. The van der Waals surface area contributed by atoms with Gasteiger partial charge in [0.05, 0.1) is 12.3 Å². The molecule has 3 N–H and O–H groups in total. The average molecular weight is 453 g/mol. The van der Waals surface area contributed by atoms with Crippen LogP contribution in [0, 0.1) is 0 Å². The topological polar surface area (TPSA) is 97.1 Å². The molecule has 10 heteroatoms. The van der Waals surface area contributed by atoms with E-state index in [-0.39, 0.29) is 36.4 Å². The predicted octanol–water partition coefficient (Wildman–Crippen LogP) is 2.32. The molecule has 1 aromatic rings. The van der Waals surface area contributed by atoms with Gasteiger partial charge in [-0.05, 0) is 37.8 Å². The molecule has 4 rings (SSSR count). The molecule has 0 unspecified atom stereocenters. The first-order valence-corrected chi connectivity index (χ1v) is 11.2. The number of rotatable bonds is 9. The van der Waals surface area contributed by atoms with E-state index in [1.807, 2.05) is 0 Å². The number of anilines is 2. The molecule has 0 radical (unpaired) electrons. The molecule has 0 bridgehead atoms. The monoisotopic (exact) mass is 452 g/mol. The first kappa shape index (κ1) is 22.9. The van der Waals surface area contributed by atoms with E-state index in [9.17, 15) is 18.4 Å². The molecular formula is C22H30F2N4O4. The minimum absolute atomic E-state index is 0.0696. The lowest BCUT2D eigenvalue weighted by atomic mass is 9.83. The van der Waals surface area contributed by atoms with Crippen LogP contribution in [-0.2, 0) is 14.3 Å². The zero-order valence-electron chi connectivity index (χ0n) is 18.0. The second kappa shape index (κ2) is 10.1. The third-order valence-electron chi connectivity index (χ3n) is 6.62. The number of nitrogens with zero attached hydrogens (tertiary/aromatic N) is 2. The van der Waals surface area contributed by atoms with Crippen LogP contribution in [0.1, 0.15) is 38.5 Å². The molecule has 3 fully saturated rings. The Balaban J connectivity index is 1.54. The molecule has 176 valence electrons. The summed E-state index contributed by atoms with van der Waals surface area (Å²) >= 11 is 0. The van der Waals surface area contributed by atoms with Crippen LogP contribution in [0.15, 0.2) is 18.2 Å². The van der Waals surface area contributed by atoms with Gasteiger partial charge in [-0.1, -0.05) is 12.8 Å². The molecular weight excluding hydrogens is 422 g/mol. The molecule has 1 saturated heterocycles. The van der Waals surface area contributed by atoms with E-state index < -0.39 is 12.7 Å². The first-order valence-electron chi connectivity index (χ1n) is 11.2. The molecule has 1 atom stereocenters. The van der Waals surface area contributed by atoms with Crippen molar-refractivity contribution in [3.8, 4) is 5.75 Å². The van der Waals surface area contributed by atoms with E-state index in [0.717, 1.165) is 38.5 Å². The summed E-state index contributed by atoms with van der Waals surface area (Å²) < 4.78 is 36.0. The summed E-state index contributed by atoms with van der Waals surface area (Å²) in [4.78, 5) is 29.0. The second-order valence-electron chi connectivity index (χ2n) is 8.51. The van der Waals surface area contributed by atoms with Crippen LogP contribution in [0.5, 0.6) is 5.75 Å². The fourth-order valence-electron chi connectivity index (χ4n) is 4.52. The van der Waals surface area contributed by atoms with E-state index in [4.69, 9.17) is 10.5 Å². The van der Waals surface area contributed by atoms with E-state index in [0.29, 0.717) is 30.9 Å². The third-order valence-corrected chi connectivity index (χ3v) is 6.62. The van der Waals surface area contributed by atoms with Gasteiger partial charge in [0, 0.05) is 36.9 Å². The van der Waals surface area contributed by atoms with Crippen LogP contribution in [-0.4, -0.2) is 67.8 Å². The van der Waals surface area contributed by atoms with Crippen molar-refractivity contribution in [2.24, 2.45) is 5.73 Å². The third kappa shape index (κ3) is 4.87. The largest absolute Gasteiger partial charge is 0.433 e. The standard InChI is InChI=1S/C22H30F2N4O4/c23-22(24)32-19-11-16(27-9-10-31-13-20(27)29)7-8-17(19)26-21(30)18(12-25)28(14-3-1-4-14)15-5-2-6-15/h7-8,11,14-15,18,22H,1-6,9-10,12-13,25H2,(H,26,30)/t18-/m0/s1. The second-order valence-corrected chi connectivity index (χ2v) is 8.51. The average Bonchev–Trinajstić information content (AvgIpc) is 2.67. The maximum Gasteiger partial charge on any atom is 0.387 e. The van der Waals surface area contributed by atoms with Gasteiger partial charge in [0.25, 0.3) is 5.91 Å². The Morgan fingerprint density at radius 1 is 1.25 bits per heavy atom. The minimum Gasteiger partial charge on any atom is -0.433 e. The minimum atomic E-state index is -3.08. The van der Waals surface area contributed by atoms with Gasteiger partial charge in [0.1, 0.15) is 12.6 Å². The summed E-state index contributed by atoms with van der Waals surface area (Å²) in [6, 6.07) is 4.57. The van der Waals surface area contributed by atoms with Crippen molar-refractivity contribution in [1.82, 2.24) is 4.90 Å². The van der Waals surface area contributed by atoms with Crippen LogP contribution < -0.4 is 20.7 Å². The summed E-state index contributed by atoms with van der Waals surface area (Å²) in [6.07, 6.45) is 6.46. The smallest absolute Gasteiger partial charge is 0.387 e. The molecule has 2 saturated carbocycles. The maximum absolute atomic E-state index is 13.2. The van der Waals surface area contributed by atoms with Crippen LogP contribution in [0.2, 0.25) is 0 Å². The fraction of sp³-hybridized carbons (Fsp3) is 0.636. The SMILES string of the molecule is NC[C@@H](C(=O)Nc1ccc(N2CCOCC2=O)cc1OC(F)F)N(C1CCC1)C1CCC1. The Labute approximate surface area is 186 Å². The molecule has 2 aliphatic carbocycles. The lowest BCUT2D eigenvalue weighted by Gasteiger charge is -2.49. The molecule has 8 nitrogen and oxygen atoms in total. The number of morpholine rings is 1. The molecule has 32 heavy (non-hydrogen) atoms. The van der Waals surface area contributed by atoms with Crippen molar-refractivity contribution >= 4 is 23.2 Å². The summed E-state index contributed by atoms with van der Waals surface area (Å²) in [6.45, 7) is -2.34. The highest BCUT2D eigenvalue weighted by Crippen LogP contribution is 2.36. The van der Waals surface area contributed by atoms with Crippen molar-refractivity contribution in [1.29, 1.82) is 0 Å². The van der Waals surface area contributed by atoms with Crippen molar-refractivity contribution in [2.45, 2.75) is 63.3 Å². The number of ether oxygens (including phenoxy) is 2. The van der Waals surface area contributed by atoms with Gasteiger partial charge in [0.2, 0.25) is 5.91 Å². The lowest BCUT2D eigenvalue weighted by Crippen LogP contribution is -2.60. The Morgan fingerprint density at radius 3 is 2.47 bits per heavy atom. The van der Waals surface area contributed by atoms with Crippen LogP contribution >= 0.6 is 0 Å². The summed E-state index contributed by atoms with van der Waals surface area (Å²) in [5.74, 6) is -0.795. The maximum atomic E-state index is 13.2. The van der Waals surface area contributed by atoms with E-state index in [1.54, 1.807) is 6.07 Å². The summed E-state index contributed by atoms with van der Waals surface area (Å²) in [5, 5.41) is 2.75. The summed E-state index contributed by atoms with van der Waals surface area (Å²) in [7, 11) is 0. The normalized spacial score (nSPS) is 20.8. The summed E-state index contributed by atoms with van der Waals surface area (Å²) in [5.41, 5.74) is 6.54. The number of nitrogens with two attached hydrogens (primary N) is 1. The van der Waals surface area contributed by atoms with Gasteiger partial charge in [-0.2, -0.15) is 8.78 Å². The van der Waals surface area contributed by atoms with Crippen molar-refractivity contribution in [3.63, 3.8) is 0 Å². The number of nitrogens with one attached hydrogen (secondary N) is 1. The van der Waals surface area contributed by atoms with Crippen molar-refractivity contribution in [3.05, 3.63) is 18.2 Å². The molecule has 1 heterocycles. The quantitative estimate of drug-likeness (QED) is 0.597. The molecule has 0 aromatic heterocycles. The highest BCUT2D eigenvalue weighted by atomic mass is 19.3. The van der Waals surface area contributed by atoms with Gasteiger partial charge in [-0.3, -0.25) is 14.5 Å². The van der Waals surface area contributed by atoms with Crippen LogP contribution in [0.4, 0.5) is 20.2 Å². The number of benzene rings is 1. The number of halogens is 2. The van der Waals surface area contributed by atoms with Gasteiger partial charge in [-0.25, -0.2) is 0 Å². The molecule has 1 aliphatic heterocycles. The van der Waals surface area contributed by atoms with Crippen molar-refractivity contribution < 1.29 is 27.8 Å². The number of carbonyl (C=O) groups excluding carboxylic acids is 2. The number of hydrogen-bond acceptors (Lipinski definition) is 6. The Kier molecular flexibility index (Phi) is 7.22. The number of amides is 2. The van der Waals surface area contributed by atoms with Gasteiger partial charge < -0.3 is 25.4 Å². The molecule has 3 aliphatic rings. The highest BCUT2D eigenvalue weighted by Gasteiger charge is 2.40. The van der Waals surface area contributed by atoms with Gasteiger partial charge >= 0.3 is 6.61 Å². The van der Waals surface area contributed by atoms with Gasteiger partial charge in [0.15, 0.2) is 5.75 Å². The Hall–Kier alpha value is -2.30. The number of alkyl halides is 2. The van der Waals surface area contributed by atoms with Gasteiger partial charge in [-0.15, -0.1) is 0 Å². The van der Waals surface area contributed by atoms with E-state index >= 15 is 0 Å². The molecule has 1 aromatic carbocycles. The van der Waals surface area contributed by atoms with Crippen LogP contribution in [0.3, 0.4) is 0 Å². The predicted molar refractivity (Wildman–Crippen MR) is 115 cm³/mol. The van der Waals surface area contributed by atoms with Crippen molar-refractivity contribution in [2.75, 3.05) is 36.5 Å². The van der Waals surface area contributed by atoms with E-state index in [1.165, 1.54) is 17.0 Å². The van der Waals surface area contributed by atoms with E-state index in [2.05, 4.69) is 15.0 Å². The number of hydrogen-bond donors (Lipinski definition) is 2. The Morgan fingerprint density at radius 2 is 1.94 bits per heavy atom. The highest BCUT2D eigenvalue weighted by molar-refractivity contribution is 5.98. The molecule has 2 amide bonds. The first-order chi connectivity index (χ1) is 15.5. The fourth-order valence-corrected chi connectivity index (χ4v) is 4.52. The molecule has 0 spiro atoms. The zero-order valence-corrected chi connectivity index (χ0v) is 18.0.